The third kappa shape index (κ3) is 4.60. The van der Waals surface area contributed by atoms with Gasteiger partial charge in [-0.05, 0) is 59.5 Å². The molecular formula is C18H14ClFN3O3S-. The monoisotopic (exact) mass is 406 g/mol. The highest BCUT2D eigenvalue weighted by Gasteiger charge is 2.12. The van der Waals surface area contributed by atoms with Gasteiger partial charge in [-0.1, -0.05) is 17.7 Å². The molecule has 2 aromatic carbocycles. The number of amides is 1. The average Bonchev–Trinajstić information content (AvgIpc) is 3.03. The second-order valence-electron chi connectivity index (χ2n) is 5.84. The molecule has 9 heteroatoms. The number of carbonyl (C=O) groups excluding carboxylic acids is 1. The molecule has 0 aliphatic carbocycles. The van der Waals surface area contributed by atoms with Crippen LogP contribution in [0.5, 0.6) is 0 Å². The Bertz CT molecular complexity index is 1040. The van der Waals surface area contributed by atoms with E-state index in [1.54, 1.807) is 24.5 Å². The molecule has 3 rings (SSSR count). The maximum absolute atomic E-state index is 13.1. The first kappa shape index (κ1) is 19.2. The fourth-order valence-corrected chi connectivity index (χ4v) is 3.29. The van der Waals surface area contributed by atoms with Crippen molar-refractivity contribution in [1.29, 1.82) is 0 Å². The standard InChI is InChI=1S/C18H15ClFN3O3S/c1-11-9-21-23(10-11)16-5-4-14(8-17(16)27(25)26)22-18(24)6-12-2-3-13(20)7-15(12)19/h2-5,7-10H,6H2,1H3,(H,22,24)(H,25,26)/p-1. The molecule has 0 aliphatic heterocycles. The predicted octanol–water partition coefficient (Wildman–Crippen LogP) is 3.39. The highest BCUT2D eigenvalue weighted by Crippen LogP contribution is 2.23. The lowest BCUT2D eigenvalue weighted by atomic mass is 10.1. The van der Waals surface area contributed by atoms with Gasteiger partial charge in [-0.25, -0.2) is 9.07 Å². The minimum atomic E-state index is -2.53. The Morgan fingerprint density at radius 2 is 2.11 bits per heavy atom. The topological polar surface area (TPSA) is 87.0 Å². The van der Waals surface area contributed by atoms with Crippen LogP contribution in [0.15, 0.2) is 53.7 Å². The van der Waals surface area contributed by atoms with Crippen molar-refractivity contribution in [2.24, 2.45) is 0 Å². The minimum Gasteiger partial charge on any atom is -0.768 e. The lowest BCUT2D eigenvalue weighted by molar-refractivity contribution is -0.115. The van der Waals surface area contributed by atoms with Crippen LogP contribution in [-0.4, -0.2) is 24.4 Å². The van der Waals surface area contributed by atoms with Crippen LogP contribution in [0.2, 0.25) is 5.02 Å². The van der Waals surface area contributed by atoms with Gasteiger partial charge in [0.25, 0.3) is 0 Å². The van der Waals surface area contributed by atoms with E-state index in [1.165, 1.54) is 22.9 Å². The Morgan fingerprint density at radius 3 is 2.74 bits per heavy atom. The molecule has 140 valence electrons. The molecule has 0 aliphatic rings. The van der Waals surface area contributed by atoms with Crippen LogP contribution in [-0.2, 0) is 22.3 Å². The van der Waals surface area contributed by atoms with Gasteiger partial charge in [0.1, 0.15) is 5.82 Å². The fraction of sp³-hybridized carbons (Fsp3) is 0.111. The summed E-state index contributed by atoms with van der Waals surface area (Å²) in [6, 6.07) is 8.25. The van der Waals surface area contributed by atoms with Gasteiger partial charge in [0.15, 0.2) is 0 Å². The molecule has 1 amide bonds. The molecule has 1 aromatic heterocycles. The van der Waals surface area contributed by atoms with E-state index in [1.807, 2.05) is 6.92 Å². The lowest BCUT2D eigenvalue weighted by Crippen LogP contribution is -2.15. The zero-order chi connectivity index (χ0) is 19.6. The van der Waals surface area contributed by atoms with Crippen LogP contribution < -0.4 is 5.32 Å². The molecule has 0 fully saturated rings. The van der Waals surface area contributed by atoms with E-state index in [9.17, 15) is 17.9 Å². The van der Waals surface area contributed by atoms with E-state index in [2.05, 4.69) is 10.4 Å². The van der Waals surface area contributed by atoms with Crippen molar-refractivity contribution in [3.63, 3.8) is 0 Å². The van der Waals surface area contributed by atoms with Crippen LogP contribution in [0.1, 0.15) is 11.1 Å². The molecule has 0 saturated heterocycles. The fourth-order valence-electron chi connectivity index (χ4n) is 2.50. The van der Waals surface area contributed by atoms with Crippen LogP contribution in [0.25, 0.3) is 5.69 Å². The molecule has 1 heterocycles. The number of benzene rings is 2. The molecule has 0 bridgehead atoms. The zero-order valence-electron chi connectivity index (χ0n) is 14.1. The highest BCUT2D eigenvalue weighted by molar-refractivity contribution is 7.79. The van der Waals surface area contributed by atoms with Gasteiger partial charge in [-0.2, -0.15) is 5.10 Å². The maximum Gasteiger partial charge on any atom is 0.228 e. The van der Waals surface area contributed by atoms with E-state index >= 15 is 0 Å². The summed E-state index contributed by atoms with van der Waals surface area (Å²) in [5, 5.41) is 6.87. The number of nitrogens with one attached hydrogen (secondary N) is 1. The first-order valence-electron chi connectivity index (χ1n) is 7.82. The summed E-state index contributed by atoms with van der Waals surface area (Å²) in [5.41, 5.74) is 2.03. The van der Waals surface area contributed by atoms with Gasteiger partial charge in [0.05, 0.1) is 23.2 Å². The van der Waals surface area contributed by atoms with Crippen LogP contribution in [0.3, 0.4) is 0 Å². The largest absolute Gasteiger partial charge is 0.768 e. The Kier molecular flexibility index (Phi) is 5.69. The van der Waals surface area contributed by atoms with Gasteiger partial charge in [-0.15, -0.1) is 0 Å². The second kappa shape index (κ2) is 7.99. The lowest BCUT2D eigenvalue weighted by Gasteiger charge is -2.14. The molecule has 1 unspecified atom stereocenters. The Hall–Kier alpha value is -2.55. The van der Waals surface area contributed by atoms with Crippen molar-refractivity contribution >= 4 is 34.3 Å². The van der Waals surface area contributed by atoms with Crippen molar-refractivity contribution in [2.45, 2.75) is 18.2 Å². The van der Waals surface area contributed by atoms with Gasteiger partial charge in [-0.3, -0.25) is 9.00 Å². The molecule has 6 nitrogen and oxygen atoms in total. The number of carbonyl (C=O) groups is 1. The summed E-state index contributed by atoms with van der Waals surface area (Å²) in [5.74, 6) is -0.898. The quantitative estimate of drug-likeness (QED) is 0.658. The first-order chi connectivity index (χ1) is 12.8. The van der Waals surface area contributed by atoms with E-state index in [0.29, 0.717) is 16.9 Å². The van der Waals surface area contributed by atoms with Crippen LogP contribution in [0, 0.1) is 12.7 Å². The van der Waals surface area contributed by atoms with Gasteiger partial charge in [0.2, 0.25) is 5.91 Å². The molecule has 0 spiro atoms. The predicted molar refractivity (Wildman–Crippen MR) is 99.2 cm³/mol. The third-order valence-corrected chi connectivity index (χ3v) is 4.79. The number of anilines is 1. The van der Waals surface area contributed by atoms with E-state index < -0.39 is 22.8 Å². The Labute approximate surface area is 162 Å². The molecule has 3 aromatic rings. The number of aryl methyl sites for hydroxylation is 1. The van der Waals surface area contributed by atoms with Crippen molar-refractivity contribution in [1.82, 2.24) is 9.78 Å². The van der Waals surface area contributed by atoms with E-state index in [0.717, 1.165) is 11.6 Å². The summed E-state index contributed by atoms with van der Waals surface area (Å²) in [4.78, 5) is 12.2. The maximum atomic E-state index is 13.1. The second-order valence-corrected chi connectivity index (χ2v) is 7.16. The van der Waals surface area contributed by atoms with E-state index in [4.69, 9.17) is 11.6 Å². The third-order valence-electron chi connectivity index (χ3n) is 3.75. The summed E-state index contributed by atoms with van der Waals surface area (Å²) in [7, 11) is 0. The molecule has 27 heavy (non-hydrogen) atoms. The summed E-state index contributed by atoms with van der Waals surface area (Å²) >= 11 is 3.40. The van der Waals surface area contributed by atoms with E-state index in [-0.39, 0.29) is 16.3 Å². The van der Waals surface area contributed by atoms with Crippen molar-refractivity contribution in [3.8, 4) is 5.69 Å². The van der Waals surface area contributed by atoms with Gasteiger partial charge < -0.3 is 9.87 Å². The number of aromatic nitrogens is 2. The molecule has 1 atom stereocenters. The molecule has 0 saturated carbocycles. The average molecular weight is 407 g/mol. The van der Waals surface area contributed by atoms with Crippen LogP contribution >= 0.6 is 11.6 Å². The number of halogens is 2. The number of nitrogens with zero attached hydrogens (tertiary/aromatic N) is 2. The number of rotatable bonds is 5. The Balaban J connectivity index is 1.81. The normalized spacial score (nSPS) is 12.0. The Morgan fingerprint density at radius 1 is 1.33 bits per heavy atom. The molecule has 0 radical (unpaired) electrons. The first-order valence-corrected chi connectivity index (χ1v) is 9.27. The van der Waals surface area contributed by atoms with Crippen molar-refractivity contribution in [3.05, 3.63) is 70.8 Å². The summed E-state index contributed by atoms with van der Waals surface area (Å²) in [6.45, 7) is 1.84. The summed E-state index contributed by atoms with van der Waals surface area (Å²) in [6.07, 6.45) is 3.23. The van der Waals surface area contributed by atoms with Crippen molar-refractivity contribution in [2.75, 3.05) is 5.32 Å². The van der Waals surface area contributed by atoms with Crippen molar-refractivity contribution < 1.29 is 17.9 Å². The number of hydrogen-bond donors (Lipinski definition) is 1. The van der Waals surface area contributed by atoms with Gasteiger partial charge in [0, 0.05) is 16.9 Å². The zero-order valence-corrected chi connectivity index (χ0v) is 15.7. The SMILES string of the molecule is Cc1cnn(-c2ccc(NC(=O)Cc3ccc(F)cc3Cl)cc2S(=O)[O-])c1. The highest BCUT2D eigenvalue weighted by atomic mass is 35.5. The molecule has 1 N–H and O–H groups in total. The summed E-state index contributed by atoms with van der Waals surface area (Å²) < 4.78 is 37.7. The van der Waals surface area contributed by atoms with Gasteiger partial charge >= 0.3 is 0 Å². The smallest absolute Gasteiger partial charge is 0.228 e. The molecular weight excluding hydrogens is 393 g/mol. The van der Waals surface area contributed by atoms with Crippen LogP contribution in [0.4, 0.5) is 10.1 Å². The number of hydrogen-bond acceptors (Lipinski definition) is 4. The minimum absolute atomic E-state index is 0.00397.